The van der Waals surface area contributed by atoms with Gasteiger partial charge in [0.25, 0.3) is 0 Å². The number of aromatic nitrogens is 2. The minimum atomic E-state index is 0.217. The summed E-state index contributed by atoms with van der Waals surface area (Å²) in [7, 11) is 0. The average molecular weight is 361 g/mol. The zero-order valence-electron chi connectivity index (χ0n) is 10.4. The van der Waals surface area contributed by atoms with Gasteiger partial charge in [-0.1, -0.05) is 37.0 Å². The molecule has 1 N–H and O–H groups in total. The lowest BCUT2D eigenvalue weighted by molar-refractivity contribution is 0.850. The molecular weight excluding hydrogens is 349 g/mol. The molecule has 3 nitrogen and oxygen atoms in total. The van der Waals surface area contributed by atoms with Crippen LogP contribution in [-0.2, 0) is 0 Å². The lowest BCUT2D eigenvalue weighted by atomic mass is 10.1. The fraction of sp³-hybridized carbons (Fsp3) is 0.231. The van der Waals surface area contributed by atoms with Crippen LogP contribution in [0, 0.1) is 0 Å². The average Bonchev–Trinajstić information content (AvgIpc) is 2.33. The molecule has 1 aromatic heterocycles. The highest BCUT2D eigenvalue weighted by atomic mass is 79.9. The van der Waals surface area contributed by atoms with Crippen molar-refractivity contribution < 1.29 is 0 Å². The van der Waals surface area contributed by atoms with Gasteiger partial charge < -0.3 is 5.32 Å². The topological polar surface area (TPSA) is 37.8 Å². The number of halogens is 3. The first-order valence-corrected chi connectivity index (χ1v) is 7.26. The Hall–Kier alpha value is -0.840. The summed E-state index contributed by atoms with van der Waals surface area (Å²) in [6.07, 6.45) is 1.44. The molecule has 0 aliphatic carbocycles. The summed E-state index contributed by atoms with van der Waals surface area (Å²) >= 11 is 15.6. The quantitative estimate of drug-likeness (QED) is 0.743. The van der Waals surface area contributed by atoms with Gasteiger partial charge in [0.2, 0.25) is 0 Å². The molecule has 0 atom stereocenters. The molecule has 6 heteroatoms. The van der Waals surface area contributed by atoms with Gasteiger partial charge in [-0.15, -0.1) is 0 Å². The van der Waals surface area contributed by atoms with Crippen LogP contribution < -0.4 is 5.32 Å². The molecule has 2 aromatic rings. The van der Waals surface area contributed by atoms with Crippen LogP contribution in [0.3, 0.4) is 0 Å². The van der Waals surface area contributed by atoms with Gasteiger partial charge in [0.1, 0.15) is 17.3 Å². The smallest absolute Gasteiger partial charge is 0.138 e. The summed E-state index contributed by atoms with van der Waals surface area (Å²) in [4.78, 5) is 8.28. The summed E-state index contributed by atoms with van der Waals surface area (Å²) < 4.78 is 0.904. The normalized spacial score (nSPS) is 10.8. The lowest BCUT2D eigenvalue weighted by Gasteiger charge is -2.15. The zero-order chi connectivity index (χ0) is 14.0. The molecule has 0 unspecified atom stereocenters. The summed E-state index contributed by atoms with van der Waals surface area (Å²) in [6, 6.07) is 5.52. The van der Waals surface area contributed by atoms with Crippen molar-refractivity contribution in [3.05, 3.63) is 44.7 Å². The molecule has 0 bridgehead atoms. The van der Waals surface area contributed by atoms with Gasteiger partial charge in [0, 0.05) is 15.1 Å². The molecule has 0 fully saturated rings. The van der Waals surface area contributed by atoms with Crippen molar-refractivity contribution >= 4 is 50.6 Å². The molecule has 1 aromatic carbocycles. The van der Waals surface area contributed by atoms with Crippen molar-refractivity contribution in [1.29, 1.82) is 0 Å². The van der Waals surface area contributed by atoms with Gasteiger partial charge in [-0.2, -0.15) is 0 Å². The molecule has 0 saturated heterocycles. The monoisotopic (exact) mass is 359 g/mol. The Kier molecular flexibility index (Phi) is 4.66. The second-order valence-corrected chi connectivity index (χ2v) is 5.98. The Bertz CT molecular complexity index is 602. The number of nitrogens with one attached hydrogen (secondary N) is 1. The largest absolute Gasteiger partial charge is 0.339 e. The number of benzene rings is 1. The van der Waals surface area contributed by atoms with Crippen molar-refractivity contribution in [2.75, 3.05) is 5.32 Å². The van der Waals surface area contributed by atoms with E-state index in [2.05, 4.69) is 31.2 Å². The van der Waals surface area contributed by atoms with Crippen LogP contribution in [0.25, 0.3) is 0 Å². The van der Waals surface area contributed by atoms with Gasteiger partial charge >= 0.3 is 0 Å². The van der Waals surface area contributed by atoms with Crippen LogP contribution >= 0.6 is 39.1 Å². The fourth-order valence-electron chi connectivity index (χ4n) is 1.71. The SMILES string of the molecule is CC(C)c1c(Cl)ncnc1Nc1cc(Cl)ccc1Br. The molecule has 0 amide bonds. The first kappa shape index (κ1) is 14.6. The molecule has 0 spiro atoms. The first-order valence-electron chi connectivity index (χ1n) is 5.71. The molecule has 100 valence electrons. The minimum absolute atomic E-state index is 0.217. The molecule has 0 aliphatic heterocycles. The van der Waals surface area contributed by atoms with E-state index in [9.17, 15) is 0 Å². The third-order valence-corrected chi connectivity index (χ3v) is 3.82. The van der Waals surface area contributed by atoms with E-state index < -0.39 is 0 Å². The Morgan fingerprint density at radius 1 is 1.21 bits per heavy atom. The van der Waals surface area contributed by atoms with Crippen LogP contribution in [0.4, 0.5) is 11.5 Å². The zero-order valence-corrected chi connectivity index (χ0v) is 13.5. The molecule has 2 rings (SSSR count). The van der Waals surface area contributed by atoms with E-state index in [0.29, 0.717) is 16.0 Å². The molecule has 0 saturated carbocycles. The van der Waals surface area contributed by atoms with E-state index in [1.54, 1.807) is 0 Å². The maximum Gasteiger partial charge on any atom is 0.138 e. The summed E-state index contributed by atoms with van der Waals surface area (Å²) in [5, 5.41) is 4.35. The van der Waals surface area contributed by atoms with E-state index in [4.69, 9.17) is 23.2 Å². The standard InChI is InChI=1S/C13H12BrCl2N3/c1-7(2)11-12(16)17-6-18-13(11)19-10-5-8(15)3-4-9(10)14/h3-7H,1-2H3,(H,17,18,19). The molecular formula is C13H12BrCl2N3. The maximum atomic E-state index is 6.13. The van der Waals surface area contributed by atoms with Crippen LogP contribution in [0.5, 0.6) is 0 Å². The van der Waals surface area contributed by atoms with Gasteiger partial charge in [0.05, 0.1) is 5.69 Å². The predicted molar refractivity (Wildman–Crippen MR) is 83.6 cm³/mol. The summed E-state index contributed by atoms with van der Waals surface area (Å²) in [5.74, 6) is 0.909. The van der Waals surface area contributed by atoms with Gasteiger partial charge in [-0.25, -0.2) is 9.97 Å². The van der Waals surface area contributed by atoms with Crippen molar-refractivity contribution in [3.8, 4) is 0 Å². The number of anilines is 2. The van der Waals surface area contributed by atoms with E-state index in [1.807, 2.05) is 32.0 Å². The first-order chi connectivity index (χ1) is 8.99. The van der Waals surface area contributed by atoms with E-state index in [-0.39, 0.29) is 5.92 Å². The third-order valence-electron chi connectivity index (χ3n) is 2.59. The van der Waals surface area contributed by atoms with E-state index in [0.717, 1.165) is 15.7 Å². The highest BCUT2D eigenvalue weighted by Crippen LogP contribution is 2.33. The third kappa shape index (κ3) is 3.38. The fourth-order valence-corrected chi connectivity index (χ4v) is 2.58. The molecule has 1 heterocycles. The number of rotatable bonds is 3. The Morgan fingerprint density at radius 2 is 1.95 bits per heavy atom. The number of nitrogens with zero attached hydrogens (tertiary/aromatic N) is 2. The summed E-state index contributed by atoms with van der Waals surface area (Å²) in [5.41, 5.74) is 1.72. The Labute approximate surface area is 130 Å². The van der Waals surface area contributed by atoms with Gasteiger partial charge in [-0.05, 0) is 40.0 Å². The van der Waals surface area contributed by atoms with Crippen molar-refractivity contribution in [2.45, 2.75) is 19.8 Å². The van der Waals surface area contributed by atoms with Gasteiger partial charge in [-0.3, -0.25) is 0 Å². The Morgan fingerprint density at radius 3 is 2.63 bits per heavy atom. The molecule has 0 aliphatic rings. The highest BCUT2D eigenvalue weighted by molar-refractivity contribution is 9.10. The second-order valence-electron chi connectivity index (χ2n) is 4.33. The number of hydrogen-bond acceptors (Lipinski definition) is 3. The van der Waals surface area contributed by atoms with Crippen molar-refractivity contribution in [1.82, 2.24) is 9.97 Å². The van der Waals surface area contributed by atoms with Crippen molar-refractivity contribution in [2.24, 2.45) is 0 Å². The molecule has 0 radical (unpaired) electrons. The van der Waals surface area contributed by atoms with Crippen LogP contribution in [0.15, 0.2) is 29.0 Å². The second kappa shape index (κ2) is 6.07. The predicted octanol–water partition coefficient (Wildman–Crippen LogP) is 5.41. The van der Waals surface area contributed by atoms with E-state index >= 15 is 0 Å². The van der Waals surface area contributed by atoms with Crippen LogP contribution in [-0.4, -0.2) is 9.97 Å². The highest BCUT2D eigenvalue weighted by Gasteiger charge is 2.14. The lowest BCUT2D eigenvalue weighted by Crippen LogP contribution is -2.03. The van der Waals surface area contributed by atoms with Crippen LogP contribution in [0.2, 0.25) is 10.2 Å². The Balaban J connectivity index is 2.44. The molecule has 19 heavy (non-hydrogen) atoms. The van der Waals surface area contributed by atoms with Gasteiger partial charge in [0.15, 0.2) is 0 Å². The minimum Gasteiger partial charge on any atom is -0.339 e. The van der Waals surface area contributed by atoms with Crippen molar-refractivity contribution in [3.63, 3.8) is 0 Å². The van der Waals surface area contributed by atoms with E-state index in [1.165, 1.54) is 6.33 Å². The summed E-state index contributed by atoms with van der Waals surface area (Å²) in [6.45, 7) is 4.09. The van der Waals surface area contributed by atoms with Crippen LogP contribution in [0.1, 0.15) is 25.3 Å². The number of hydrogen-bond donors (Lipinski definition) is 1. The maximum absolute atomic E-state index is 6.13.